The van der Waals surface area contributed by atoms with E-state index in [4.69, 9.17) is 14.9 Å². The summed E-state index contributed by atoms with van der Waals surface area (Å²) in [5.41, 5.74) is 2.16. The molecule has 1 amide bonds. The molecule has 0 saturated carbocycles. The molecule has 2 aromatic rings. The molecule has 2 aromatic carbocycles. The lowest BCUT2D eigenvalue weighted by Crippen LogP contribution is -2.47. The molecule has 1 atom stereocenters. The number of rotatable bonds is 7. The summed E-state index contributed by atoms with van der Waals surface area (Å²) in [4.78, 5) is 23.4. The van der Waals surface area contributed by atoms with E-state index in [0.717, 1.165) is 45.1 Å². The quantitative estimate of drug-likeness (QED) is 0.303. The van der Waals surface area contributed by atoms with E-state index in [1.165, 1.54) is 5.56 Å². The van der Waals surface area contributed by atoms with Crippen molar-refractivity contribution in [2.45, 2.75) is 32.4 Å². The Bertz CT molecular complexity index is 909. The van der Waals surface area contributed by atoms with Gasteiger partial charge in [-0.1, -0.05) is 67.2 Å². The van der Waals surface area contributed by atoms with Gasteiger partial charge in [0.1, 0.15) is 5.76 Å². The lowest BCUT2D eigenvalue weighted by Gasteiger charge is -2.33. The fraction of sp³-hybridized carbons (Fsp3) is 0.320. The van der Waals surface area contributed by atoms with Crippen molar-refractivity contribution in [1.29, 1.82) is 0 Å². The van der Waals surface area contributed by atoms with Crippen LogP contribution < -0.4 is 5.32 Å². The maximum Gasteiger partial charge on any atom is 0.286 e. The number of hydrogen-bond acceptors (Lipinski definition) is 5. The van der Waals surface area contributed by atoms with Gasteiger partial charge in [0.25, 0.3) is 5.91 Å². The summed E-state index contributed by atoms with van der Waals surface area (Å²) in [7, 11) is 0.889. The van der Waals surface area contributed by atoms with Gasteiger partial charge >= 0.3 is 0 Å². The average Bonchev–Trinajstić information content (AvgIpc) is 2.78. The third kappa shape index (κ3) is 8.73. The van der Waals surface area contributed by atoms with Crippen LogP contribution in [0.3, 0.4) is 0 Å². The highest BCUT2D eigenvalue weighted by Crippen LogP contribution is 2.18. The fourth-order valence-electron chi connectivity index (χ4n) is 3.47. The number of ether oxygens (including phenoxy) is 1. The number of allylic oxidation sites excluding steroid dienone is 1. The molecule has 0 spiro atoms. The number of amides is 1. The third-order valence-corrected chi connectivity index (χ3v) is 4.90. The number of carbonyl (C=O) groups is 1. The third-order valence-electron chi connectivity index (χ3n) is 4.90. The summed E-state index contributed by atoms with van der Waals surface area (Å²) in [5, 5.41) is 11.9. The highest BCUT2D eigenvalue weighted by atomic mass is 16.6. The Balaban J connectivity index is 0.000000837. The summed E-state index contributed by atoms with van der Waals surface area (Å²) in [6.07, 6.45) is 3.74. The molecule has 170 valence electrons. The largest absolute Gasteiger partial charge is 0.452 e. The minimum atomic E-state index is -0.500. The lowest BCUT2D eigenvalue weighted by atomic mass is 10.0. The predicted octanol–water partition coefficient (Wildman–Crippen LogP) is 4.25. The first-order valence-corrected chi connectivity index (χ1v) is 10.6. The van der Waals surface area contributed by atoms with Crippen LogP contribution >= 0.6 is 0 Å². The van der Waals surface area contributed by atoms with E-state index in [0.29, 0.717) is 5.76 Å². The number of benzene rings is 2. The first kappa shape index (κ1) is 24.8. The van der Waals surface area contributed by atoms with Crippen LogP contribution in [0, 0.1) is 10.1 Å². The molecule has 0 aromatic heterocycles. The van der Waals surface area contributed by atoms with Gasteiger partial charge in [-0.2, -0.15) is 0 Å². The summed E-state index contributed by atoms with van der Waals surface area (Å²) in [6, 6.07) is 20.2. The highest BCUT2D eigenvalue weighted by molar-refractivity contribution is 5.92. The molecule has 1 aliphatic rings. The van der Waals surface area contributed by atoms with Crippen molar-refractivity contribution in [2.24, 2.45) is 0 Å². The second-order valence-electron chi connectivity index (χ2n) is 7.52. The second-order valence-corrected chi connectivity index (χ2v) is 7.52. The van der Waals surface area contributed by atoms with Gasteiger partial charge in [0.15, 0.2) is 12.8 Å². The normalized spacial score (nSPS) is 16.3. The Morgan fingerprint density at radius 2 is 1.81 bits per heavy atom. The van der Waals surface area contributed by atoms with Crippen molar-refractivity contribution in [3.63, 3.8) is 0 Å². The first-order valence-electron chi connectivity index (χ1n) is 10.6. The van der Waals surface area contributed by atoms with Gasteiger partial charge in [0.05, 0.1) is 0 Å². The number of likely N-dealkylation sites (tertiary alicyclic amines) is 1. The summed E-state index contributed by atoms with van der Waals surface area (Å²) in [5.74, 6) is 0.568. The van der Waals surface area contributed by atoms with Crippen LogP contribution in [0.5, 0.6) is 0 Å². The van der Waals surface area contributed by atoms with Crippen molar-refractivity contribution in [2.75, 3.05) is 20.1 Å². The van der Waals surface area contributed by atoms with Crippen LogP contribution in [0.2, 0.25) is 0 Å². The molecule has 1 unspecified atom stereocenters. The Morgan fingerprint density at radius 3 is 2.41 bits per heavy atom. The summed E-state index contributed by atoms with van der Waals surface area (Å²) in [6.45, 7) is 8.56. The second kappa shape index (κ2) is 13.1. The molecule has 1 heterocycles. The number of carbonyl (C=O) groups excluding carboxylic acids is 1. The van der Waals surface area contributed by atoms with Crippen LogP contribution in [0.15, 0.2) is 79.1 Å². The molecule has 1 N–H and O–H groups in total. The number of hydrogen-bond donors (Lipinski definition) is 1. The minimum Gasteiger partial charge on any atom is -0.452 e. The smallest absolute Gasteiger partial charge is 0.286 e. The van der Waals surface area contributed by atoms with Gasteiger partial charge in [0.2, 0.25) is 0 Å². The Morgan fingerprint density at radius 1 is 1.22 bits per heavy atom. The SMILES string of the molecule is C=C(O/C(=C\C)C(=O)NC1CCCN(Cc2ccccc2)C1)c1ccccc1.C[N+](=O)[O-]. The number of nitrogens with one attached hydrogen (secondary N) is 1. The first-order chi connectivity index (χ1) is 15.4. The van der Waals surface area contributed by atoms with Gasteiger partial charge < -0.3 is 10.1 Å². The average molecular weight is 438 g/mol. The van der Waals surface area contributed by atoms with Crippen LogP contribution in [0.4, 0.5) is 0 Å². The fourth-order valence-corrected chi connectivity index (χ4v) is 3.47. The van der Waals surface area contributed by atoms with E-state index in [-0.39, 0.29) is 17.7 Å². The van der Waals surface area contributed by atoms with Gasteiger partial charge in [-0.15, -0.1) is 0 Å². The van der Waals surface area contributed by atoms with E-state index < -0.39 is 4.92 Å². The topological polar surface area (TPSA) is 84.7 Å². The molecular weight excluding hydrogens is 406 g/mol. The molecular formula is C25H31N3O4. The summed E-state index contributed by atoms with van der Waals surface area (Å²) >= 11 is 0. The van der Waals surface area contributed by atoms with Gasteiger partial charge in [0, 0.05) is 29.6 Å². The molecule has 7 heteroatoms. The predicted molar refractivity (Wildman–Crippen MR) is 126 cm³/mol. The van der Waals surface area contributed by atoms with Crippen molar-refractivity contribution < 1.29 is 14.5 Å². The molecule has 0 aliphatic carbocycles. The van der Waals surface area contributed by atoms with Crippen LogP contribution in [-0.4, -0.2) is 41.9 Å². The Kier molecular flexibility index (Phi) is 10.1. The van der Waals surface area contributed by atoms with E-state index >= 15 is 0 Å². The summed E-state index contributed by atoms with van der Waals surface area (Å²) < 4.78 is 5.75. The van der Waals surface area contributed by atoms with Crippen LogP contribution in [0.25, 0.3) is 5.76 Å². The lowest BCUT2D eigenvalue weighted by molar-refractivity contribution is -0.445. The van der Waals surface area contributed by atoms with Crippen molar-refractivity contribution in [3.8, 4) is 0 Å². The maximum atomic E-state index is 12.7. The molecule has 0 radical (unpaired) electrons. The minimum absolute atomic E-state index is 0.119. The van der Waals surface area contributed by atoms with E-state index in [1.807, 2.05) is 36.4 Å². The monoisotopic (exact) mass is 437 g/mol. The Labute approximate surface area is 189 Å². The van der Waals surface area contributed by atoms with Crippen molar-refractivity contribution in [3.05, 3.63) is 100 Å². The van der Waals surface area contributed by atoms with E-state index in [1.54, 1.807) is 13.0 Å². The van der Waals surface area contributed by atoms with Crippen molar-refractivity contribution in [1.82, 2.24) is 10.2 Å². The van der Waals surface area contributed by atoms with Gasteiger partial charge in [-0.3, -0.25) is 19.8 Å². The van der Waals surface area contributed by atoms with E-state index in [2.05, 4.69) is 41.1 Å². The molecule has 7 nitrogen and oxygen atoms in total. The molecule has 1 aliphatic heterocycles. The molecule has 1 saturated heterocycles. The standard InChI is InChI=1S/C24H28N2O2.CH3NO2/c1-3-23(28-19(2)21-13-8-5-9-14-21)24(27)25-22-15-10-16-26(18-22)17-20-11-6-4-7-12-20;1-2(3)4/h3-9,11-14,22H,2,10,15-18H2,1H3,(H,25,27);1H3/b23-3-;. The number of piperidine rings is 1. The van der Waals surface area contributed by atoms with E-state index in [9.17, 15) is 4.79 Å². The zero-order valence-corrected chi connectivity index (χ0v) is 18.7. The zero-order valence-electron chi connectivity index (χ0n) is 18.7. The van der Waals surface area contributed by atoms with Gasteiger partial charge in [-0.25, -0.2) is 0 Å². The number of nitro groups is 1. The van der Waals surface area contributed by atoms with Crippen LogP contribution in [0.1, 0.15) is 30.9 Å². The molecule has 32 heavy (non-hydrogen) atoms. The molecule has 0 bridgehead atoms. The number of nitrogens with zero attached hydrogens (tertiary/aromatic N) is 2. The molecule has 3 rings (SSSR count). The zero-order chi connectivity index (χ0) is 23.3. The van der Waals surface area contributed by atoms with Crippen LogP contribution in [-0.2, 0) is 16.1 Å². The maximum absolute atomic E-state index is 12.7. The molecule has 1 fully saturated rings. The highest BCUT2D eigenvalue weighted by Gasteiger charge is 2.23. The Hall–Kier alpha value is -3.45. The van der Waals surface area contributed by atoms with Crippen molar-refractivity contribution >= 4 is 11.7 Å². The van der Waals surface area contributed by atoms with Gasteiger partial charge in [-0.05, 0) is 37.9 Å².